The molecule has 6 heteroatoms. The van der Waals surface area contributed by atoms with Crippen LogP contribution in [-0.2, 0) is 13.6 Å². The van der Waals surface area contributed by atoms with Crippen LogP contribution in [-0.4, -0.2) is 51.7 Å². The van der Waals surface area contributed by atoms with Gasteiger partial charge in [0.2, 0.25) is 0 Å². The summed E-state index contributed by atoms with van der Waals surface area (Å²) < 4.78 is 1.63. The minimum Gasteiger partial charge on any atom is -0.335 e. The number of nitrogens with zero attached hydrogens (tertiary/aromatic N) is 4. The first kappa shape index (κ1) is 15.1. The van der Waals surface area contributed by atoms with Gasteiger partial charge in [-0.25, -0.2) is 0 Å². The van der Waals surface area contributed by atoms with Gasteiger partial charge in [-0.3, -0.25) is 14.4 Å². The number of halogens is 1. The molecule has 116 valence electrons. The largest absolute Gasteiger partial charge is 0.335 e. The molecule has 0 N–H and O–H groups in total. The summed E-state index contributed by atoms with van der Waals surface area (Å²) >= 11 is 6.02. The molecular formula is C16H19ClN4O. The van der Waals surface area contributed by atoms with Crippen molar-refractivity contribution in [1.29, 1.82) is 0 Å². The van der Waals surface area contributed by atoms with Gasteiger partial charge in [-0.05, 0) is 23.8 Å². The quantitative estimate of drug-likeness (QED) is 0.869. The van der Waals surface area contributed by atoms with Gasteiger partial charge in [0.1, 0.15) is 5.69 Å². The van der Waals surface area contributed by atoms with E-state index in [-0.39, 0.29) is 5.91 Å². The molecule has 1 amide bonds. The van der Waals surface area contributed by atoms with Gasteiger partial charge in [-0.1, -0.05) is 23.7 Å². The molecule has 0 atom stereocenters. The van der Waals surface area contributed by atoms with Crippen LogP contribution in [0, 0.1) is 0 Å². The third-order valence-corrected chi connectivity index (χ3v) is 4.23. The van der Waals surface area contributed by atoms with E-state index in [1.165, 1.54) is 5.56 Å². The van der Waals surface area contributed by atoms with Gasteiger partial charge in [0.15, 0.2) is 0 Å². The van der Waals surface area contributed by atoms with Crippen molar-refractivity contribution in [3.05, 3.63) is 52.8 Å². The Bertz CT molecular complexity index is 662. The minimum absolute atomic E-state index is 0.0578. The Kier molecular flexibility index (Phi) is 4.45. The van der Waals surface area contributed by atoms with Crippen LogP contribution < -0.4 is 0 Å². The molecule has 3 rings (SSSR count). The van der Waals surface area contributed by atoms with Gasteiger partial charge in [0.05, 0.1) is 0 Å². The number of amides is 1. The average Bonchev–Trinajstić information content (AvgIpc) is 2.93. The van der Waals surface area contributed by atoms with Gasteiger partial charge in [-0.2, -0.15) is 5.10 Å². The van der Waals surface area contributed by atoms with Crippen molar-refractivity contribution in [2.75, 3.05) is 26.2 Å². The maximum atomic E-state index is 12.4. The lowest BCUT2D eigenvalue weighted by Crippen LogP contribution is -2.48. The van der Waals surface area contributed by atoms with Gasteiger partial charge >= 0.3 is 0 Å². The van der Waals surface area contributed by atoms with E-state index in [1.54, 1.807) is 24.0 Å². The Morgan fingerprint density at radius 3 is 2.64 bits per heavy atom. The molecule has 0 saturated carbocycles. The summed E-state index contributed by atoms with van der Waals surface area (Å²) in [5.41, 5.74) is 1.85. The van der Waals surface area contributed by atoms with Gasteiger partial charge < -0.3 is 4.90 Å². The molecular weight excluding hydrogens is 300 g/mol. The van der Waals surface area contributed by atoms with Gasteiger partial charge in [0, 0.05) is 51.0 Å². The molecule has 2 aromatic rings. The zero-order chi connectivity index (χ0) is 15.5. The van der Waals surface area contributed by atoms with E-state index in [0.29, 0.717) is 5.69 Å². The van der Waals surface area contributed by atoms with E-state index in [9.17, 15) is 4.79 Å². The van der Waals surface area contributed by atoms with Crippen molar-refractivity contribution in [2.24, 2.45) is 7.05 Å². The summed E-state index contributed by atoms with van der Waals surface area (Å²) in [4.78, 5) is 16.7. The van der Waals surface area contributed by atoms with Gasteiger partial charge in [0.25, 0.3) is 5.91 Å². The number of hydrogen-bond acceptors (Lipinski definition) is 3. The summed E-state index contributed by atoms with van der Waals surface area (Å²) in [5.74, 6) is 0.0578. The number of aryl methyl sites for hydroxylation is 1. The van der Waals surface area contributed by atoms with Crippen LogP contribution in [0.4, 0.5) is 0 Å². The number of hydrogen-bond donors (Lipinski definition) is 0. The molecule has 1 aliphatic heterocycles. The first-order chi connectivity index (χ1) is 10.6. The standard InChI is InChI=1S/C16H19ClN4O/c1-19-15(5-6-18-19)16(22)21-9-7-20(8-10-21)12-13-3-2-4-14(17)11-13/h2-6,11H,7-10,12H2,1H3. The monoisotopic (exact) mass is 318 g/mol. The van der Waals surface area contributed by atoms with Crippen molar-refractivity contribution in [2.45, 2.75) is 6.54 Å². The van der Waals surface area contributed by atoms with Crippen LogP contribution in [0.1, 0.15) is 16.1 Å². The zero-order valence-corrected chi connectivity index (χ0v) is 13.3. The highest BCUT2D eigenvalue weighted by Crippen LogP contribution is 2.14. The van der Waals surface area contributed by atoms with E-state index in [2.05, 4.69) is 16.1 Å². The second-order valence-electron chi connectivity index (χ2n) is 5.54. The number of rotatable bonds is 3. The SMILES string of the molecule is Cn1nccc1C(=O)N1CCN(Cc2cccc(Cl)c2)CC1. The lowest BCUT2D eigenvalue weighted by molar-refractivity contribution is 0.0618. The number of carbonyl (C=O) groups is 1. The summed E-state index contributed by atoms with van der Waals surface area (Å²) in [6.07, 6.45) is 1.66. The van der Waals surface area contributed by atoms with Crippen molar-refractivity contribution < 1.29 is 4.79 Å². The summed E-state index contributed by atoms with van der Waals surface area (Å²) in [5, 5.41) is 4.82. The fraction of sp³-hybridized carbons (Fsp3) is 0.375. The van der Waals surface area contributed by atoms with E-state index in [1.807, 2.05) is 23.1 Å². The van der Waals surface area contributed by atoms with Crippen LogP contribution in [0.25, 0.3) is 0 Å². The van der Waals surface area contributed by atoms with Crippen molar-refractivity contribution in [3.8, 4) is 0 Å². The molecule has 1 aliphatic rings. The fourth-order valence-electron chi connectivity index (χ4n) is 2.75. The molecule has 0 radical (unpaired) electrons. The predicted molar refractivity (Wildman–Crippen MR) is 85.8 cm³/mol. The van der Waals surface area contributed by atoms with Crippen molar-refractivity contribution in [1.82, 2.24) is 19.6 Å². The van der Waals surface area contributed by atoms with Crippen LogP contribution >= 0.6 is 11.6 Å². The minimum atomic E-state index is 0.0578. The third kappa shape index (κ3) is 3.31. The number of benzene rings is 1. The molecule has 1 saturated heterocycles. The lowest BCUT2D eigenvalue weighted by Gasteiger charge is -2.34. The second-order valence-corrected chi connectivity index (χ2v) is 5.97. The average molecular weight is 319 g/mol. The molecule has 1 aromatic heterocycles. The fourth-order valence-corrected chi connectivity index (χ4v) is 2.96. The van der Waals surface area contributed by atoms with Crippen molar-refractivity contribution in [3.63, 3.8) is 0 Å². The summed E-state index contributed by atoms with van der Waals surface area (Å²) in [6.45, 7) is 4.09. The van der Waals surface area contributed by atoms with Crippen LogP contribution in [0.15, 0.2) is 36.5 Å². The summed E-state index contributed by atoms with van der Waals surface area (Å²) in [6, 6.07) is 9.70. The molecule has 2 heterocycles. The highest BCUT2D eigenvalue weighted by molar-refractivity contribution is 6.30. The van der Waals surface area contributed by atoms with E-state index in [0.717, 1.165) is 37.7 Å². The van der Waals surface area contributed by atoms with Crippen LogP contribution in [0.3, 0.4) is 0 Å². The maximum absolute atomic E-state index is 12.4. The number of aromatic nitrogens is 2. The Morgan fingerprint density at radius 1 is 1.23 bits per heavy atom. The van der Waals surface area contributed by atoms with Crippen LogP contribution in [0.2, 0.25) is 5.02 Å². The molecule has 22 heavy (non-hydrogen) atoms. The first-order valence-corrected chi connectivity index (χ1v) is 7.75. The summed E-state index contributed by atoms with van der Waals surface area (Å²) in [7, 11) is 1.79. The highest BCUT2D eigenvalue weighted by atomic mass is 35.5. The van der Waals surface area contributed by atoms with Crippen LogP contribution in [0.5, 0.6) is 0 Å². The first-order valence-electron chi connectivity index (χ1n) is 7.37. The Balaban J connectivity index is 1.56. The maximum Gasteiger partial charge on any atom is 0.272 e. The number of carbonyl (C=O) groups excluding carboxylic acids is 1. The lowest BCUT2D eigenvalue weighted by atomic mass is 10.2. The normalized spacial score (nSPS) is 16.0. The molecule has 0 unspecified atom stereocenters. The molecule has 1 aromatic carbocycles. The molecule has 0 bridgehead atoms. The molecule has 5 nitrogen and oxygen atoms in total. The zero-order valence-electron chi connectivity index (χ0n) is 12.6. The molecule has 0 spiro atoms. The Morgan fingerprint density at radius 2 is 2.00 bits per heavy atom. The van der Waals surface area contributed by atoms with Crippen molar-refractivity contribution >= 4 is 17.5 Å². The topological polar surface area (TPSA) is 41.4 Å². The molecule has 0 aliphatic carbocycles. The van der Waals surface area contributed by atoms with E-state index < -0.39 is 0 Å². The Hall–Kier alpha value is -1.85. The smallest absolute Gasteiger partial charge is 0.272 e. The number of piperazine rings is 1. The van der Waals surface area contributed by atoms with Gasteiger partial charge in [-0.15, -0.1) is 0 Å². The Labute approximate surface area is 135 Å². The second kappa shape index (κ2) is 6.50. The van der Waals surface area contributed by atoms with E-state index in [4.69, 9.17) is 11.6 Å². The molecule has 1 fully saturated rings. The van der Waals surface area contributed by atoms with E-state index >= 15 is 0 Å². The highest BCUT2D eigenvalue weighted by Gasteiger charge is 2.23. The third-order valence-electron chi connectivity index (χ3n) is 3.99. The predicted octanol–water partition coefficient (Wildman–Crippen LogP) is 2.03.